The number of esters is 1. The van der Waals surface area contributed by atoms with E-state index in [1.165, 1.54) is 0 Å². The fourth-order valence-corrected chi connectivity index (χ4v) is 2.28. The first-order valence-corrected chi connectivity index (χ1v) is 6.83. The standard InChI is InChI=1S/C13H19N3O4/c1-3-19-13(18)10-4-6-16(7-5-10)12(17)8-11-14-9(2)20-15-11/h10H,3-8H2,1-2H3. The van der Waals surface area contributed by atoms with Gasteiger partial charge in [0, 0.05) is 20.0 Å². The van der Waals surface area contributed by atoms with Crippen LogP contribution in [0.2, 0.25) is 0 Å². The zero-order valence-corrected chi connectivity index (χ0v) is 11.8. The predicted octanol–water partition coefficient (Wildman–Crippen LogP) is 0.722. The summed E-state index contributed by atoms with van der Waals surface area (Å²) in [6.45, 7) is 5.02. The summed E-state index contributed by atoms with van der Waals surface area (Å²) in [6.07, 6.45) is 1.44. The molecule has 0 saturated carbocycles. The number of hydrogen-bond donors (Lipinski definition) is 0. The van der Waals surface area contributed by atoms with Gasteiger partial charge in [0.15, 0.2) is 5.82 Å². The molecule has 7 heteroatoms. The van der Waals surface area contributed by atoms with Gasteiger partial charge in [-0.15, -0.1) is 0 Å². The van der Waals surface area contributed by atoms with E-state index < -0.39 is 0 Å². The molecule has 2 rings (SSSR count). The summed E-state index contributed by atoms with van der Waals surface area (Å²) in [5.41, 5.74) is 0. The number of hydrogen-bond acceptors (Lipinski definition) is 6. The molecule has 0 unspecified atom stereocenters. The Kier molecular flexibility index (Phi) is 4.70. The van der Waals surface area contributed by atoms with Gasteiger partial charge < -0.3 is 14.2 Å². The van der Waals surface area contributed by atoms with Crippen molar-refractivity contribution in [3.05, 3.63) is 11.7 Å². The van der Waals surface area contributed by atoms with E-state index in [2.05, 4.69) is 10.1 Å². The number of carbonyl (C=O) groups is 2. The Labute approximate surface area is 117 Å². The first-order valence-electron chi connectivity index (χ1n) is 6.83. The van der Waals surface area contributed by atoms with Gasteiger partial charge in [-0.1, -0.05) is 5.16 Å². The van der Waals surface area contributed by atoms with E-state index in [9.17, 15) is 9.59 Å². The molecule has 0 N–H and O–H groups in total. The second-order valence-corrected chi connectivity index (χ2v) is 4.81. The van der Waals surface area contributed by atoms with E-state index in [0.29, 0.717) is 44.3 Å². The normalized spacial score (nSPS) is 16.2. The number of aryl methyl sites for hydroxylation is 1. The molecule has 0 aliphatic carbocycles. The zero-order valence-electron chi connectivity index (χ0n) is 11.8. The maximum Gasteiger partial charge on any atom is 0.309 e. The summed E-state index contributed by atoms with van der Waals surface area (Å²) in [4.78, 5) is 29.4. The van der Waals surface area contributed by atoms with E-state index in [1.807, 2.05) is 0 Å². The highest BCUT2D eigenvalue weighted by Crippen LogP contribution is 2.19. The predicted molar refractivity (Wildman–Crippen MR) is 68.7 cm³/mol. The van der Waals surface area contributed by atoms with Crippen LogP contribution in [-0.2, 0) is 20.7 Å². The van der Waals surface area contributed by atoms with Crippen molar-refractivity contribution >= 4 is 11.9 Å². The SMILES string of the molecule is CCOC(=O)C1CCN(C(=O)Cc2noc(C)n2)CC1. The molecular weight excluding hydrogens is 262 g/mol. The van der Waals surface area contributed by atoms with Gasteiger partial charge in [0.05, 0.1) is 18.9 Å². The smallest absolute Gasteiger partial charge is 0.309 e. The summed E-state index contributed by atoms with van der Waals surface area (Å²) in [7, 11) is 0. The molecule has 7 nitrogen and oxygen atoms in total. The first-order chi connectivity index (χ1) is 9.60. The lowest BCUT2D eigenvalue weighted by molar-refractivity contribution is -0.151. The second-order valence-electron chi connectivity index (χ2n) is 4.81. The average molecular weight is 281 g/mol. The van der Waals surface area contributed by atoms with Crippen LogP contribution in [0.25, 0.3) is 0 Å². The summed E-state index contributed by atoms with van der Waals surface area (Å²) in [5.74, 6) is 0.571. The highest BCUT2D eigenvalue weighted by molar-refractivity contribution is 5.78. The van der Waals surface area contributed by atoms with Crippen LogP contribution in [0, 0.1) is 12.8 Å². The van der Waals surface area contributed by atoms with Gasteiger partial charge in [0.2, 0.25) is 11.8 Å². The molecule has 1 fully saturated rings. The Balaban J connectivity index is 1.81. The quantitative estimate of drug-likeness (QED) is 0.756. The maximum absolute atomic E-state index is 12.1. The number of rotatable bonds is 4. The third kappa shape index (κ3) is 3.55. The lowest BCUT2D eigenvalue weighted by Gasteiger charge is -2.30. The Bertz CT molecular complexity index is 478. The highest BCUT2D eigenvalue weighted by Gasteiger charge is 2.28. The van der Waals surface area contributed by atoms with Crippen molar-refractivity contribution in [1.29, 1.82) is 0 Å². The largest absolute Gasteiger partial charge is 0.466 e. The van der Waals surface area contributed by atoms with Crippen molar-refractivity contribution in [2.24, 2.45) is 5.92 Å². The molecule has 1 aromatic heterocycles. The van der Waals surface area contributed by atoms with Gasteiger partial charge in [0.1, 0.15) is 0 Å². The molecule has 0 spiro atoms. The minimum absolute atomic E-state index is 0.0342. The monoisotopic (exact) mass is 281 g/mol. The molecule has 110 valence electrons. The zero-order chi connectivity index (χ0) is 14.5. The van der Waals surface area contributed by atoms with Crippen LogP contribution in [0.15, 0.2) is 4.52 Å². The number of amides is 1. The van der Waals surface area contributed by atoms with Crippen molar-refractivity contribution in [3.8, 4) is 0 Å². The Hall–Kier alpha value is -1.92. The summed E-state index contributed by atoms with van der Waals surface area (Å²) in [6, 6.07) is 0. The average Bonchev–Trinajstić information content (AvgIpc) is 2.84. The minimum Gasteiger partial charge on any atom is -0.466 e. The third-order valence-electron chi connectivity index (χ3n) is 3.35. The minimum atomic E-state index is -0.159. The number of likely N-dealkylation sites (tertiary alicyclic amines) is 1. The third-order valence-corrected chi connectivity index (χ3v) is 3.35. The lowest BCUT2D eigenvalue weighted by atomic mass is 9.97. The summed E-state index contributed by atoms with van der Waals surface area (Å²) < 4.78 is 9.84. The molecule has 1 aliphatic heterocycles. The van der Waals surface area contributed by atoms with E-state index in [-0.39, 0.29) is 24.2 Å². The van der Waals surface area contributed by atoms with Crippen LogP contribution in [0.1, 0.15) is 31.5 Å². The van der Waals surface area contributed by atoms with Crippen LogP contribution in [0.5, 0.6) is 0 Å². The van der Waals surface area contributed by atoms with Gasteiger partial charge in [-0.05, 0) is 19.8 Å². The van der Waals surface area contributed by atoms with Crippen molar-refractivity contribution in [2.45, 2.75) is 33.1 Å². The van der Waals surface area contributed by atoms with E-state index in [4.69, 9.17) is 9.26 Å². The van der Waals surface area contributed by atoms with Crippen LogP contribution in [0.3, 0.4) is 0 Å². The maximum atomic E-state index is 12.1. The number of nitrogens with zero attached hydrogens (tertiary/aromatic N) is 3. The van der Waals surface area contributed by atoms with Crippen molar-refractivity contribution < 1.29 is 18.8 Å². The molecule has 1 amide bonds. The Morgan fingerprint density at radius 2 is 2.10 bits per heavy atom. The Morgan fingerprint density at radius 3 is 2.65 bits per heavy atom. The van der Waals surface area contributed by atoms with Gasteiger partial charge in [-0.3, -0.25) is 9.59 Å². The van der Waals surface area contributed by atoms with Gasteiger partial charge >= 0.3 is 5.97 Å². The summed E-state index contributed by atoms with van der Waals surface area (Å²) in [5, 5.41) is 3.71. The van der Waals surface area contributed by atoms with Gasteiger partial charge in [-0.2, -0.15) is 4.98 Å². The van der Waals surface area contributed by atoms with Crippen LogP contribution >= 0.6 is 0 Å². The van der Waals surface area contributed by atoms with Crippen molar-refractivity contribution in [3.63, 3.8) is 0 Å². The summed E-state index contributed by atoms with van der Waals surface area (Å²) >= 11 is 0. The molecule has 1 aliphatic rings. The van der Waals surface area contributed by atoms with E-state index >= 15 is 0 Å². The molecule has 0 bridgehead atoms. The number of aromatic nitrogens is 2. The van der Waals surface area contributed by atoms with Crippen molar-refractivity contribution in [1.82, 2.24) is 15.0 Å². The highest BCUT2D eigenvalue weighted by atomic mass is 16.5. The number of ether oxygens (including phenoxy) is 1. The molecular formula is C13H19N3O4. The topological polar surface area (TPSA) is 85.5 Å². The van der Waals surface area contributed by atoms with Crippen LogP contribution in [-0.4, -0.2) is 46.6 Å². The molecule has 0 aromatic carbocycles. The van der Waals surface area contributed by atoms with Crippen LogP contribution < -0.4 is 0 Å². The van der Waals surface area contributed by atoms with Crippen LogP contribution in [0.4, 0.5) is 0 Å². The number of carbonyl (C=O) groups excluding carboxylic acids is 2. The lowest BCUT2D eigenvalue weighted by Crippen LogP contribution is -2.41. The van der Waals surface area contributed by atoms with E-state index in [1.54, 1.807) is 18.7 Å². The van der Waals surface area contributed by atoms with E-state index in [0.717, 1.165) is 0 Å². The first kappa shape index (κ1) is 14.5. The molecule has 0 atom stereocenters. The molecule has 2 heterocycles. The fraction of sp³-hybridized carbons (Fsp3) is 0.692. The Morgan fingerprint density at radius 1 is 1.40 bits per heavy atom. The second kappa shape index (κ2) is 6.49. The fourth-order valence-electron chi connectivity index (χ4n) is 2.28. The molecule has 1 saturated heterocycles. The van der Waals surface area contributed by atoms with Crippen molar-refractivity contribution in [2.75, 3.05) is 19.7 Å². The molecule has 20 heavy (non-hydrogen) atoms. The molecule has 1 aromatic rings. The van der Waals surface area contributed by atoms with Gasteiger partial charge in [0.25, 0.3) is 0 Å². The van der Waals surface area contributed by atoms with Gasteiger partial charge in [-0.25, -0.2) is 0 Å². The molecule has 0 radical (unpaired) electrons. The number of piperidine rings is 1.